The summed E-state index contributed by atoms with van der Waals surface area (Å²) in [5, 5.41) is 12.9. The maximum atomic E-state index is 12.6. The fraction of sp³-hybridized carbons (Fsp3) is 0.474. The number of aryl methyl sites for hydroxylation is 1. The first kappa shape index (κ1) is 19.4. The monoisotopic (exact) mass is 388 g/mol. The fourth-order valence-corrected chi connectivity index (χ4v) is 3.81. The van der Waals surface area contributed by atoms with Gasteiger partial charge in [0.25, 0.3) is 0 Å². The molecule has 2 heterocycles. The van der Waals surface area contributed by atoms with Gasteiger partial charge in [-0.2, -0.15) is 0 Å². The van der Waals surface area contributed by atoms with E-state index >= 15 is 0 Å². The van der Waals surface area contributed by atoms with Gasteiger partial charge in [-0.1, -0.05) is 23.5 Å². The van der Waals surface area contributed by atoms with Crippen LogP contribution in [0, 0.1) is 12.8 Å². The highest BCUT2D eigenvalue weighted by molar-refractivity contribution is 7.14. The van der Waals surface area contributed by atoms with Crippen molar-refractivity contribution in [3.8, 4) is 10.6 Å². The van der Waals surface area contributed by atoms with Crippen molar-refractivity contribution >= 4 is 28.8 Å². The molecule has 1 aliphatic rings. The summed E-state index contributed by atoms with van der Waals surface area (Å²) in [4.78, 5) is 26.5. The number of methoxy groups -OCH3 is 1. The van der Waals surface area contributed by atoms with Crippen molar-refractivity contribution in [1.29, 1.82) is 0 Å². The molecule has 0 atom stereocenters. The van der Waals surface area contributed by atoms with Crippen LogP contribution in [0.2, 0.25) is 0 Å². The molecule has 2 amide bonds. The van der Waals surface area contributed by atoms with Crippen LogP contribution >= 0.6 is 11.3 Å². The Labute approximate surface area is 162 Å². The molecule has 0 aliphatic carbocycles. The van der Waals surface area contributed by atoms with Gasteiger partial charge in [-0.25, -0.2) is 0 Å². The second kappa shape index (κ2) is 9.05. The largest absolute Gasteiger partial charge is 0.384 e. The van der Waals surface area contributed by atoms with E-state index in [1.165, 1.54) is 11.3 Å². The number of nitrogens with zero attached hydrogens (tertiary/aromatic N) is 3. The van der Waals surface area contributed by atoms with Gasteiger partial charge in [-0.3, -0.25) is 9.59 Å². The van der Waals surface area contributed by atoms with Crippen molar-refractivity contribution < 1.29 is 14.3 Å². The summed E-state index contributed by atoms with van der Waals surface area (Å²) in [5.41, 5.74) is 1.70. The molecular formula is C19H24N4O3S. The Morgan fingerprint density at radius 1 is 1.30 bits per heavy atom. The van der Waals surface area contributed by atoms with Crippen LogP contribution in [0.3, 0.4) is 0 Å². The third-order valence-corrected chi connectivity index (χ3v) is 5.53. The first-order valence-corrected chi connectivity index (χ1v) is 9.86. The number of carbonyl (C=O) groups is 2. The smallest absolute Gasteiger partial charge is 0.227 e. The lowest BCUT2D eigenvalue weighted by atomic mass is 9.95. The molecule has 1 aromatic carbocycles. The lowest BCUT2D eigenvalue weighted by molar-refractivity contribution is -0.135. The predicted octanol–water partition coefficient (Wildman–Crippen LogP) is 2.73. The van der Waals surface area contributed by atoms with Crippen molar-refractivity contribution in [1.82, 2.24) is 15.1 Å². The van der Waals surface area contributed by atoms with Crippen LogP contribution in [0.15, 0.2) is 24.3 Å². The first-order valence-electron chi connectivity index (χ1n) is 9.05. The molecule has 8 heteroatoms. The number of aromatic nitrogens is 2. The van der Waals surface area contributed by atoms with Crippen molar-refractivity contribution in [2.24, 2.45) is 5.92 Å². The molecule has 1 fully saturated rings. The summed E-state index contributed by atoms with van der Waals surface area (Å²) in [6, 6.07) is 7.65. The maximum Gasteiger partial charge on any atom is 0.227 e. The Morgan fingerprint density at radius 3 is 2.74 bits per heavy atom. The van der Waals surface area contributed by atoms with Gasteiger partial charge in [0.2, 0.25) is 11.8 Å². The maximum absolute atomic E-state index is 12.6. The number of hydrogen-bond acceptors (Lipinski definition) is 6. The number of carbonyl (C=O) groups excluding carboxylic acids is 2. The molecule has 1 aliphatic heterocycles. The van der Waals surface area contributed by atoms with Gasteiger partial charge in [0.05, 0.1) is 13.0 Å². The molecule has 0 unspecified atom stereocenters. The minimum atomic E-state index is -0.0797. The van der Waals surface area contributed by atoms with Gasteiger partial charge >= 0.3 is 0 Å². The van der Waals surface area contributed by atoms with Crippen LogP contribution in [-0.2, 0) is 14.3 Å². The summed E-state index contributed by atoms with van der Waals surface area (Å²) in [5.74, 6) is 0.0178. The van der Waals surface area contributed by atoms with Crippen LogP contribution in [0.1, 0.15) is 24.3 Å². The Bertz CT molecular complexity index is 800. The zero-order chi connectivity index (χ0) is 19.2. The van der Waals surface area contributed by atoms with Gasteiger partial charge in [0.1, 0.15) is 10.0 Å². The van der Waals surface area contributed by atoms with Gasteiger partial charge in [0.15, 0.2) is 0 Å². The quantitative estimate of drug-likeness (QED) is 0.822. The third kappa shape index (κ3) is 5.11. The number of nitrogens with one attached hydrogen (secondary N) is 1. The highest BCUT2D eigenvalue weighted by atomic mass is 32.1. The fourth-order valence-electron chi connectivity index (χ4n) is 3.13. The molecule has 0 radical (unpaired) electrons. The van der Waals surface area contributed by atoms with E-state index in [0.29, 0.717) is 39.0 Å². The molecule has 144 valence electrons. The lowest BCUT2D eigenvalue weighted by Crippen LogP contribution is -2.41. The molecule has 2 aromatic rings. The van der Waals surface area contributed by atoms with Crippen LogP contribution in [0.4, 0.5) is 5.69 Å². The Balaban J connectivity index is 1.55. The molecule has 0 saturated carbocycles. The van der Waals surface area contributed by atoms with Crippen LogP contribution in [0.5, 0.6) is 0 Å². The standard InChI is InChI=1S/C19H24N4O3S/c1-13-21-22-19(27-13)15-4-3-5-16(12-15)20-18(25)14-6-9-23(10-7-14)17(24)8-11-26-2/h3-5,12,14H,6-11H2,1-2H3,(H,20,25). The van der Waals surface area contributed by atoms with E-state index in [2.05, 4.69) is 15.5 Å². The van der Waals surface area contributed by atoms with Crippen molar-refractivity contribution in [2.45, 2.75) is 26.2 Å². The molecule has 7 nitrogen and oxygen atoms in total. The van der Waals surface area contributed by atoms with Gasteiger partial charge in [0, 0.05) is 37.4 Å². The number of anilines is 1. The number of likely N-dealkylation sites (tertiary alicyclic amines) is 1. The van der Waals surface area contributed by atoms with E-state index in [4.69, 9.17) is 4.74 Å². The molecule has 1 aromatic heterocycles. The third-order valence-electron chi connectivity index (χ3n) is 4.64. The summed E-state index contributed by atoms with van der Waals surface area (Å²) in [6.07, 6.45) is 1.75. The number of piperidine rings is 1. The van der Waals surface area contributed by atoms with Crippen molar-refractivity contribution in [3.05, 3.63) is 29.3 Å². The Morgan fingerprint density at radius 2 is 2.07 bits per heavy atom. The van der Waals surface area contributed by atoms with Crippen LogP contribution < -0.4 is 5.32 Å². The van der Waals surface area contributed by atoms with Crippen LogP contribution in [0.25, 0.3) is 10.6 Å². The Hall–Kier alpha value is -2.32. The highest BCUT2D eigenvalue weighted by Crippen LogP contribution is 2.26. The first-order chi connectivity index (χ1) is 13.1. The second-order valence-corrected chi connectivity index (χ2v) is 7.78. The zero-order valence-electron chi connectivity index (χ0n) is 15.6. The van der Waals surface area contributed by atoms with Crippen molar-refractivity contribution in [3.63, 3.8) is 0 Å². The van der Waals surface area contributed by atoms with Gasteiger partial charge in [-0.15, -0.1) is 10.2 Å². The van der Waals surface area contributed by atoms with Crippen LogP contribution in [-0.4, -0.2) is 53.7 Å². The summed E-state index contributed by atoms with van der Waals surface area (Å²) >= 11 is 1.52. The van der Waals surface area contributed by atoms with E-state index in [1.54, 1.807) is 7.11 Å². The normalized spacial score (nSPS) is 15.0. The topological polar surface area (TPSA) is 84.4 Å². The molecule has 0 spiro atoms. The molecule has 1 N–H and O–H groups in total. The SMILES string of the molecule is COCCC(=O)N1CCC(C(=O)Nc2cccc(-c3nnc(C)s3)c2)CC1. The predicted molar refractivity (Wildman–Crippen MR) is 105 cm³/mol. The van der Waals surface area contributed by atoms with E-state index in [0.717, 1.165) is 21.3 Å². The summed E-state index contributed by atoms with van der Waals surface area (Å²) in [7, 11) is 1.59. The van der Waals surface area contributed by atoms with Crippen molar-refractivity contribution in [2.75, 3.05) is 32.1 Å². The number of amides is 2. The van der Waals surface area contributed by atoms with E-state index in [1.807, 2.05) is 36.1 Å². The summed E-state index contributed by atoms with van der Waals surface area (Å²) < 4.78 is 4.95. The molecule has 27 heavy (non-hydrogen) atoms. The lowest BCUT2D eigenvalue weighted by Gasteiger charge is -2.31. The van der Waals surface area contributed by atoms with E-state index < -0.39 is 0 Å². The second-order valence-electron chi connectivity index (χ2n) is 6.59. The number of rotatable bonds is 6. The van der Waals surface area contributed by atoms with E-state index in [-0.39, 0.29) is 17.7 Å². The number of benzene rings is 1. The minimum absolute atomic E-state index is 0.00425. The zero-order valence-corrected chi connectivity index (χ0v) is 16.4. The van der Waals surface area contributed by atoms with E-state index in [9.17, 15) is 9.59 Å². The molecular weight excluding hydrogens is 364 g/mol. The minimum Gasteiger partial charge on any atom is -0.384 e. The Kier molecular flexibility index (Phi) is 6.52. The van der Waals surface area contributed by atoms with Gasteiger partial charge in [-0.05, 0) is 31.9 Å². The average Bonchev–Trinajstić information content (AvgIpc) is 3.13. The summed E-state index contributed by atoms with van der Waals surface area (Å²) in [6.45, 7) is 3.58. The number of hydrogen-bond donors (Lipinski definition) is 1. The highest BCUT2D eigenvalue weighted by Gasteiger charge is 2.27. The van der Waals surface area contributed by atoms with Gasteiger partial charge < -0.3 is 15.0 Å². The average molecular weight is 388 g/mol. The molecule has 0 bridgehead atoms. The molecule has 1 saturated heterocycles. The molecule has 3 rings (SSSR count). The number of ether oxygens (including phenoxy) is 1.